The second kappa shape index (κ2) is 4.51. The highest BCUT2D eigenvalue weighted by molar-refractivity contribution is 5.93. The number of fused-ring (bicyclic) bond motifs is 1. The van der Waals surface area contributed by atoms with Crippen LogP contribution in [-0.2, 0) is 4.74 Å². The minimum atomic E-state index is -0.393. The third kappa shape index (κ3) is 1.91. The van der Waals surface area contributed by atoms with Crippen molar-refractivity contribution < 1.29 is 14.3 Å². The van der Waals surface area contributed by atoms with Crippen LogP contribution in [0.15, 0.2) is 18.2 Å². The standard InChI is InChI=1S/C10H11NO3.ClH/c1-13-10(12)7-4-2-3-6-8(11)5-14-9(6)7;/h2-4,8H,5,11H2,1H3;1H/t8-;/m1./s1. The zero-order valence-corrected chi connectivity index (χ0v) is 9.04. The molecule has 82 valence electrons. The molecular weight excluding hydrogens is 218 g/mol. The molecule has 0 spiro atoms. The fourth-order valence-corrected chi connectivity index (χ4v) is 1.54. The van der Waals surface area contributed by atoms with Crippen LogP contribution in [0.5, 0.6) is 5.75 Å². The number of para-hydroxylation sites is 1. The maximum Gasteiger partial charge on any atom is 0.341 e. The summed E-state index contributed by atoms with van der Waals surface area (Å²) < 4.78 is 9.98. The molecule has 0 saturated carbocycles. The van der Waals surface area contributed by atoms with E-state index in [2.05, 4.69) is 4.74 Å². The number of carbonyl (C=O) groups is 1. The molecule has 1 aliphatic heterocycles. The molecule has 5 heteroatoms. The monoisotopic (exact) mass is 229 g/mol. The quantitative estimate of drug-likeness (QED) is 0.737. The van der Waals surface area contributed by atoms with E-state index in [1.807, 2.05) is 6.07 Å². The van der Waals surface area contributed by atoms with Gasteiger partial charge in [-0.05, 0) is 6.07 Å². The van der Waals surface area contributed by atoms with Crippen LogP contribution in [0, 0.1) is 0 Å². The second-order valence-electron chi connectivity index (χ2n) is 3.13. The van der Waals surface area contributed by atoms with Crippen molar-refractivity contribution in [1.82, 2.24) is 0 Å². The van der Waals surface area contributed by atoms with Gasteiger partial charge in [0.1, 0.15) is 17.9 Å². The molecule has 1 aromatic rings. The Morgan fingerprint density at radius 2 is 2.33 bits per heavy atom. The topological polar surface area (TPSA) is 61.5 Å². The zero-order chi connectivity index (χ0) is 10.1. The van der Waals surface area contributed by atoms with Crippen LogP contribution < -0.4 is 10.5 Å². The van der Waals surface area contributed by atoms with Crippen molar-refractivity contribution in [2.75, 3.05) is 13.7 Å². The zero-order valence-electron chi connectivity index (χ0n) is 8.23. The van der Waals surface area contributed by atoms with E-state index in [9.17, 15) is 4.79 Å². The number of hydrogen-bond acceptors (Lipinski definition) is 4. The first kappa shape index (κ1) is 11.8. The van der Waals surface area contributed by atoms with Gasteiger partial charge in [-0.2, -0.15) is 0 Å². The predicted octanol–water partition coefficient (Wildman–Crippen LogP) is 1.29. The lowest BCUT2D eigenvalue weighted by molar-refractivity contribution is 0.0597. The Balaban J connectivity index is 0.00000112. The van der Waals surface area contributed by atoms with Crippen molar-refractivity contribution in [2.45, 2.75) is 6.04 Å². The number of carbonyl (C=O) groups excluding carboxylic acids is 1. The van der Waals surface area contributed by atoms with Crippen molar-refractivity contribution in [3.05, 3.63) is 29.3 Å². The minimum Gasteiger partial charge on any atom is -0.490 e. The average Bonchev–Trinajstić information content (AvgIpc) is 2.59. The van der Waals surface area contributed by atoms with Gasteiger partial charge in [-0.3, -0.25) is 0 Å². The van der Waals surface area contributed by atoms with Gasteiger partial charge < -0.3 is 15.2 Å². The number of ether oxygens (including phenoxy) is 2. The van der Waals surface area contributed by atoms with E-state index in [0.29, 0.717) is 17.9 Å². The number of rotatable bonds is 1. The smallest absolute Gasteiger partial charge is 0.341 e. The molecule has 4 nitrogen and oxygen atoms in total. The van der Waals surface area contributed by atoms with Crippen LogP contribution in [0.3, 0.4) is 0 Å². The van der Waals surface area contributed by atoms with E-state index in [4.69, 9.17) is 10.5 Å². The van der Waals surface area contributed by atoms with E-state index >= 15 is 0 Å². The summed E-state index contributed by atoms with van der Waals surface area (Å²) >= 11 is 0. The van der Waals surface area contributed by atoms with Crippen LogP contribution in [0.2, 0.25) is 0 Å². The normalized spacial score (nSPS) is 17.3. The van der Waals surface area contributed by atoms with Gasteiger partial charge in [0.2, 0.25) is 0 Å². The highest BCUT2D eigenvalue weighted by atomic mass is 35.5. The Bertz CT molecular complexity index is 381. The number of esters is 1. The predicted molar refractivity (Wildman–Crippen MR) is 57.5 cm³/mol. The Labute approximate surface area is 93.8 Å². The summed E-state index contributed by atoms with van der Waals surface area (Å²) in [6, 6.07) is 5.16. The summed E-state index contributed by atoms with van der Waals surface area (Å²) in [6.45, 7) is 0.420. The molecular formula is C10H12ClNO3. The van der Waals surface area contributed by atoms with Crippen molar-refractivity contribution in [2.24, 2.45) is 5.73 Å². The molecule has 0 unspecified atom stereocenters. The van der Waals surface area contributed by atoms with Crippen LogP contribution in [0.25, 0.3) is 0 Å². The molecule has 2 N–H and O–H groups in total. The first-order valence-corrected chi connectivity index (χ1v) is 4.33. The van der Waals surface area contributed by atoms with Crippen LogP contribution >= 0.6 is 12.4 Å². The maximum atomic E-state index is 11.3. The average molecular weight is 230 g/mol. The molecule has 0 saturated heterocycles. The van der Waals surface area contributed by atoms with E-state index in [1.54, 1.807) is 12.1 Å². The lowest BCUT2D eigenvalue weighted by Gasteiger charge is -2.05. The fraction of sp³-hybridized carbons (Fsp3) is 0.300. The summed E-state index contributed by atoms with van der Waals surface area (Å²) in [5.74, 6) is 0.169. The first-order valence-electron chi connectivity index (χ1n) is 4.33. The molecule has 1 aromatic carbocycles. The highest BCUT2D eigenvalue weighted by Crippen LogP contribution is 2.34. The van der Waals surface area contributed by atoms with Gasteiger partial charge in [-0.1, -0.05) is 12.1 Å². The van der Waals surface area contributed by atoms with Gasteiger partial charge in [0.05, 0.1) is 13.2 Å². The molecule has 15 heavy (non-hydrogen) atoms. The third-order valence-corrected chi connectivity index (χ3v) is 2.26. The third-order valence-electron chi connectivity index (χ3n) is 2.26. The number of methoxy groups -OCH3 is 1. The van der Waals surface area contributed by atoms with Crippen molar-refractivity contribution in [3.63, 3.8) is 0 Å². The van der Waals surface area contributed by atoms with Crippen LogP contribution in [-0.4, -0.2) is 19.7 Å². The Morgan fingerprint density at radius 1 is 1.60 bits per heavy atom. The summed E-state index contributed by atoms with van der Waals surface area (Å²) in [7, 11) is 1.34. The molecule has 0 fully saturated rings. The Kier molecular flexibility index (Phi) is 3.55. The van der Waals surface area contributed by atoms with Crippen LogP contribution in [0.1, 0.15) is 22.0 Å². The van der Waals surface area contributed by atoms with E-state index in [0.717, 1.165) is 5.56 Å². The van der Waals surface area contributed by atoms with Crippen molar-refractivity contribution in [3.8, 4) is 5.75 Å². The summed E-state index contributed by atoms with van der Waals surface area (Å²) in [4.78, 5) is 11.3. The lowest BCUT2D eigenvalue weighted by atomic mass is 10.1. The van der Waals surface area contributed by atoms with Gasteiger partial charge >= 0.3 is 5.97 Å². The SMILES string of the molecule is COC(=O)c1cccc2c1OC[C@H]2N.Cl. The van der Waals surface area contributed by atoms with Crippen LogP contribution in [0.4, 0.5) is 0 Å². The summed E-state index contributed by atoms with van der Waals surface area (Å²) in [6.07, 6.45) is 0. The van der Waals surface area contributed by atoms with E-state index < -0.39 is 5.97 Å². The van der Waals surface area contributed by atoms with Crippen molar-refractivity contribution in [1.29, 1.82) is 0 Å². The maximum absolute atomic E-state index is 11.3. The van der Waals surface area contributed by atoms with E-state index in [-0.39, 0.29) is 18.4 Å². The molecule has 0 radical (unpaired) electrons. The number of nitrogens with two attached hydrogens (primary N) is 1. The Morgan fingerprint density at radius 3 is 3.00 bits per heavy atom. The largest absolute Gasteiger partial charge is 0.490 e. The second-order valence-corrected chi connectivity index (χ2v) is 3.13. The lowest BCUT2D eigenvalue weighted by Crippen LogP contribution is -2.10. The van der Waals surface area contributed by atoms with Gasteiger partial charge in [-0.15, -0.1) is 12.4 Å². The molecule has 2 rings (SSSR count). The minimum absolute atomic E-state index is 0. The van der Waals surface area contributed by atoms with Gasteiger partial charge in [0.15, 0.2) is 0 Å². The summed E-state index contributed by atoms with van der Waals surface area (Å²) in [5, 5.41) is 0. The van der Waals surface area contributed by atoms with Crippen molar-refractivity contribution >= 4 is 18.4 Å². The van der Waals surface area contributed by atoms with E-state index in [1.165, 1.54) is 7.11 Å². The molecule has 0 aromatic heterocycles. The molecule has 1 atom stereocenters. The summed E-state index contributed by atoms with van der Waals surface area (Å²) in [5.41, 5.74) is 7.09. The molecule has 0 bridgehead atoms. The molecule has 0 aliphatic carbocycles. The first-order chi connectivity index (χ1) is 6.74. The number of benzene rings is 1. The highest BCUT2D eigenvalue weighted by Gasteiger charge is 2.25. The molecule has 1 aliphatic rings. The Hall–Kier alpha value is -1.26. The fourth-order valence-electron chi connectivity index (χ4n) is 1.54. The van der Waals surface area contributed by atoms with Gasteiger partial charge in [-0.25, -0.2) is 4.79 Å². The van der Waals surface area contributed by atoms with Gasteiger partial charge in [0.25, 0.3) is 0 Å². The molecule has 1 heterocycles. The number of hydrogen-bond donors (Lipinski definition) is 1. The van der Waals surface area contributed by atoms with Gasteiger partial charge in [0, 0.05) is 5.56 Å². The number of halogens is 1. The molecule has 0 amide bonds.